The zero-order valence-corrected chi connectivity index (χ0v) is 14.1. The van der Waals surface area contributed by atoms with Crippen molar-refractivity contribution in [3.05, 3.63) is 36.4 Å². The number of oxazole rings is 1. The Balaban J connectivity index is 1.84. The number of aromatic nitrogens is 1. The molecule has 0 saturated carbocycles. The molecule has 3 rings (SSSR count). The lowest BCUT2D eigenvalue weighted by atomic mass is 9.90. The van der Waals surface area contributed by atoms with Crippen LogP contribution in [-0.2, 0) is 10.0 Å². The smallest absolute Gasteiger partial charge is 0.243 e. The third-order valence-electron chi connectivity index (χ3n) is 4.42. The number of sulfonamides is 1. The van der Waals surface area contributed by atoms with Crippen molar-refractivity contribution in [1.82, 2.24) is 9.29 Å². The third-order valence-corrected chi connectivity index (χ3v) is 6.28. The van der Waals surface area contributed by atoms with Gasteiger partial charge in [-0.3, -0.25) is 0 Å². The van der Waals surface area contributed by atoms with Crippen LogP contribution in [0.2, 0.25) is 0 Å². The minimum absolute atomic E-state index is 0.134. The molecule has 2 aromatic rings. The molecule has 1 aliphatic rings. The number of rotatable bonds is 4. The van der Waals surface area contributed by atoms with Crippen LogP contribution >= 0.6 is 0 Å². The van der Waals surface area contributed by atoms with Gasteiger partial charge in [0.15, 0.2) is 5.89 Å². The van der Waals surface area contributed by atoms with Gasteiger partial charge in [-0.05, 0) is 30.5 Å². The van der Waals surface area contributed by atoms with E-state index in [0.717, 1.165) is 12.0 Å². The van der Waals surface area contributed by atoms with Crippen molar-refractivity contribution in [2.24, 2.45) is 11.1 Å². The van der Waals surface area contributed by atoms with Crippen molar-refractivity contribution in [3.63, 3.8) is 0 Å². The summed E-state index contributed by atoms with van der Waals surface area (Å²) in [5, 5.41) is 0. The lowest BCUT2D eigenvalue weighted by molar-refractivity contribution is 0.349. The number of benzene rings is 1. The predicted molar refractivity (Wildman–Crippen MR) is 87.2 cm³/mol. The fraction of sp³-hybridized carbons (Fsp3) is 0.438. The van der Waals surface area contributed by atoms with Gasteiger partial charge >= 0.3 is 0 Å². The highest BCUT2D eigenvalue weighted by molar-refractivity contribution is 7.89. The van der Waals surface area contributed by atoms with E-state index < -0.39 is 10.0 Å². The molecule has 1 fully saturated rings. The summed E-state index contributed by atoms with van der Waals surface area (Å²) in [5.41, 5.74) is 7.15. The van der Waals surface area contributed by atoms with Crippen molar-refractivity contribution in [2.45, 2.75) is 25.2 Å². The molecule has 1 aliphatic heterocycles. The average molecular weight is 335 g/mol. The van der Waals surface area contributed by atoms with Gasteiger partial charge in [0, 0.05) is 25.6 Å². The summed E-state index contributed by atoms with van der Waals surface area (Å²) >= 11 is 0. The maximum absolute atomic E-state index is 12.7. The zero-order chi connectivity index (χ0) is 16.7. The standard InChI is InChI=1S/C16H21N3O3S/c1-12-18-15(9-22-12)13-3-5-14(6-4-13)23(20,21)19-8-7-16(2,10-17)11-19/h3-6,9H,7-8,10-11,17H2,1-2H3. The fourth-order valence-electron chi connectivity index (χ4n) is 2.79. The zero-order valence-electron chi connectivity index (χ0n) is 13.3. The highest BCUT2D eigenvalue weighted by atomic mass is 32.2. The maximum atomic E-state index is 12.7. The molecule has 1 unspecified atom stereocenters. The summed E-state index contributed by atoms with van der Waals surface area (Å²) in [6.45, 7) is 5.27. The molecule has 0 radical (unpaired) electrons. The molecule has 0 spiro atoms. The van der Waals surface area contributed by atoms with Crippen LogP contribution in [0, 0.1) is 12.3 Å². The van der Waals surface area contributed by atoms with Gasteiger partial charge in [0.05, 0.1) is 4.90 Å². The van der Waals surface area contributed by atoms with Crippen molar-refractivity contribution in [3.8, 4) is 11.3 Å². The second-order valence-corrected chi connectivity index (χ2v) is 8.32. The highest BCUT2D eigenvalue weighted by Crippen LogP contribution is 2.33. The van der Waals surface area contributed by atoms with Gasteiger partial charge < -0.3 is 10.2 Å². The Morgan fingerprint density at radius 3 is 2.57 bits per heavy atom. The van der Waals surface area contributed by atoms with Crippen molar-refractivity contribution >= 4 is 10.0 Å². The number of nitrogens with two attached hydrogens (primary N) is 1. The van der Waals surface area contributed by atoms with Crippen LogP contribution in [0.4, 0.5) is 0 Å². The van der Waals surface area contributed by atoms with Gasteiger partial charge in [-0.25, -0.2) is 13.4 Å². The predicted octanol–water partition coefficient (Wildman–Crippen LogP) is 2.01. The summed E-state index contributed by atoms with van der Waals surface area (Å²) in [4.78, 5) is 4.53. The lowest BCUT2D eigenvalue weighted by Crippen LogP contribution is -2.34. The first-order valence-corrected chi connectivity index (χ1v) is 9.01. The average Bonchev–Trinajstić information content (AvgIpc) is 3.15. The molecule has 1 aromatic carbocycles. The van der Waals surface area contributed by atoms with Crippen LogP contribution in [0.3, 0.4) is 0 Å². The molecule has 1 atom stereocenters. The molecule has 2 heterocycles. The van der Waals surface area contributed by atoms with Crippen LogP contribution in [0.1, 0.15) is 19.2 Å². The summed E-state index contributed by atoms with van der Waals surface area (Å²) in [5.74, 6) is 0.579. The van der Waals surface area contributed by atoms with Gasteiger partial charge in [0.1, 0.15) is 12.0 Å². The van der Waals surface area contributed by atoms with Crippen molar-refractivity contribution in [1.29, 1.82) is 0 Å². The molecule has 124 valence electrons. The summed E-state index contributed by atoms with van der Waals surface area (Å²) in [6, 6.07) is 6.74. The fourth-order valence-corrected chi connectivity index (χ4v) is 4.38. The van der Waals surface area contributed by atoms with Gasteiger partial charge in [-0.15, -0.1) is 0 Å². The van der Waals surface area contributed by atoms with E-state index in [1.807, 2.05) is 6.92 Å². The quantitative estimate of drug-likeness (QED) is 0.923. The third kappa shape index (κ3) is 3.04. The molecule has 1 saturated heterocycles. The molecule has 0 aliphatic carbocycles. The first-order valence-electron chi connectivity index (χ1n) is 7.57. The first-order chi connectivity index (χ1) is 10.8. The molecular weight excluding hydrogens is 314 g/mol. The van der Waals surface area contributed by atoms with E-state index in [1.165, 1.54) is 4.31 Å². The van der Waals surface area contributed by atoms with E-state index in [-0.39, 0.29) is 5.41 Å². The second kappa shape index (κ2) is 5.74. The maximum Gasteiger partial charge on any atom is 0.243 e. The highest BCUT2D eigenvalue weighted by Gasteiger charge is 2.38. The Kier molecular flexibility index (Phi) is 4.03. The van der Waals surface area contributed by atoms with Gasteiger partial charge in [0.2, 0.25) is 10.0 Å². The Labute approximate surface area is 136 Å². The van der Waals surface area contributed by atoms with Crippen LogP contribution in [0.25, 0.3) is 11.3 Å². The summed E-state index contributed by atoms with van der Waals surface area (Å²) < 4.78 is 32.2. The van der Waals surface area contributed by atoms with Crippen LogP contribution < -0.4 is 5.73 Å². The second-order valence-electron chi connectivity index (χ2n) is 6.38. The van der Waals surface area contributed by atoms with Crippen LogP contribution in [-0.4, -0.2) is 37.3 Å². The number of aryl methyl sites for hydroxylation is 1. The minimum atomic E-state index is -3.48. The lowest BCUT2D eigenvalue weighted by Gasteiger charge is -2.22. The monoisotopic (exact) mass is 335 g/mol. The van der Waals surface area contributed by atoms with Crippen molar-refractivity contribution < 1.29 is 12.8 Å². The Hall–Kier alpha value is -1.70. The first kappa shape index (κ1) is 16.2. The van der Waals surface area contributed by atoms with Crippen LogP contribution in [0.5, 0.6) is 0 Å². The van der Waals surface area contributed by atoms with E-state index in [4.69, 9.17) is 10.2 Å². The topological polar surface area (TPSA) is 89.4 Å². The SMILES string of the molecule is Cc1nc(-c2ccc(S(=O)(=O)N3CCC(C)(CN)C3)cc2)co1. The molecule has 7 heteroatoms. The molecule has 0 amide bonds. The normalized spacial score (nSPS) is 22.6. The van der Waals surface area contributed by atoms with E-state index in [2.05, 4.69) is 4.98 Å². The molecule has 0 bridgehead atoms. The number of hydrogen-bond acceptors (Lipinski definition) is 5. The minimum Gasteiger partial charge on any atom is -0.449 e. The molecule has 23 heavy (non-hydrogen) atoms. The van der Waals surface area contributed by atoms with Crippen LogP contribution in [0.15, 0.2) is 39.8 Å². The van der Waals surface area contributed by atoms with E-state index in [9.17, 15) is 8.42 Å². The number of hydrogen-bond donors (Lipinski definition) is 1. The van der Waals surface area contributed by atoms with Gasteiger partial charge in [-0.1, -0.05) is 19.1 Å². The molecule has 1 aromatic heterocycles. The summed E-state index contributed by atoms with van der Waals surface area (Å²) in [7, 11) is -3.48. The van der Waals surface area contributed by atoms with E-state index >= 15 is 0 Å². The summed E-state index contributed by atoms with van der Waals surface area (Å²) in [6.07, 6.45) is 2.35. The molecule has 6 nitrogen and oxygen atoms in total. The van der Waals surface area contributed by atoms with E-state index in [0.29, 0.717) is 36.1 Å². The van der Waals surface area contributed by atoms with Gasteiger partial charge in [-0.2, -0.15) is 4.31 Å². The van der Waals surface area contributed by atoms with Gasteiger partial charge in [0.25, 0.3) is 0 Å². The Morgan fingerprint density at radius 1 is 1.35 bits per heavy atom. The largest absolute Gasteiger partial charge is 0.449 e. The molecule has 2 N–H and O–H groups in total. The Morgan fingerprint density at radius 2 is 2.04 bits per heavy atom. The number of nitrogens with zero attached hydrogens (tertiary/aromatic N) is 2. The van der Waals surface area contributed by atoms with Crippen molar-refractivity contribution in [2.75, 3.05) is 19.6 Å². The Bertz CT molecular complexity index is 798. The molecular formula is C16H21N3O3S. The van der Waals surface area contributed by atoms with E-state index in [1.54, 1.807) is 37.5 Å².